The van der Waals surface area contributed by atoms with Gasteiger partial charge in [-0.15, -0.1) is 0 Å². The van der Waals surface area contributed by atoms with Crippen LogP contribution >= 0.6 is 15.9 Å². The first-order valence-electron chi connectivity index (χ1n) is 14.3. The Labute approximate surface area is 261 Å². The number of benzene rings is 3. The number of carbonyl (C=O) groups excluding carboxylic acids is 4. The number of para-hydroxylation sites is 1. The Morgan fingerprint density at radius 1 is 0.909 bits per heavy atom. The van der Waals surface area contributed by atoms with Crippen LogP contribution in [0.2, 0.25) is 0 Å². The number of imide groups is 1. The van der Waals surface area contributed by atoms with Gasteiger partial charge in [0, 0.05) is 40.1 Å². The molecule has 0 aromatic heterocycles. The second-order valence-corrected chi connectivity index (χ2v) is 12.2. The van der Waals surface area contributed by atoms with E-state index in [9.17, 15) is 24.3 Å². The fraction of sp³-hybridized carbons (Fsp3) is 0.200. The molecular weight excluding hydrogens is 624 g/mol. The molecule has 220 valence electrons. The van der Waals surface area contributed by atoms with Gasteiger partial charge in [-0.2, -0.15) is 0 Å². The number of nitrogens with zero attached hydrogens (tertiary/aromatic N) is 1. The lowest BCUT2D eigenvalue weighted by atomic mass is 9.59. The molecule has 1 saturated heterocycles. The molecule has 3 aliphatic carbocycles. The summed E-state index contributed by atoms with van der Waals surface area (Å²) >= 11 is 3.24. The molecule has 7 rings (SSSR count). The van der Waals surface area contributed by atoms with Gasteiger partial charge in [-0.25, -0.2) is 0 Å². The smallest absolute Gasteiger partial charge is 0.238 e. The topological polar surface area (TPSA) is 113 Å². The van der Waals surface area contributed by atoms with Crippen LogP contribution in [0.4, 0.5) is 17.1 Å². The van der Waals surface area contributed by atoms with E-state index >= 15 is 0 Å². The van der Waals surface area contributed by atoms with Crippen LogP contribution in [0.15, 0.2) is 106 Å². The summed E-state index contributed by atoms with van der Waals surface area (Å²) in [7, 11) is 1.51. The number of allylic oxidation sites excluding steroid dienone is 6. The van der Waals surface area contributed by atoms with Crippen molar-refractivity contribution >= 4 is 56.4 Å². The largest absolute Gasteiger partial charge is 0.508 e. The third-order valence-electron chi connectivity index (χ3n) is 9.06. The molecular formula is C35H27BrN2O6. The first kappa shape index (κ1) is 28.0. The fourth-order valence-electron chi connectivity index (χ4n) is 7.09. The number of anilines is 3. The number of halogens is 1. The maximum atomic E-state index is 14.2. The quantitative estimate of drug-likeness (QED) is 0.195. The van der Waals surface area contributed by atoms with Crippen molar-refractivity contribution in [2.24, 2.45) is 17.8 Å². The van der Waals surface area contributed by atoms with Crippen LogP contribution in [0.25, 0.3) is 0 Å². The van der Waals surface area contributed by atoms with Gasteiger partial charge in [-0.3, -0.25) is 24.1 Å². The molecule has 2 N–H and O–H groups in total. The SMILES string of the molecule is COc1ccc(O)c(C2C3=CCC4C(=O)N(c5ccc(Nc6ccccc6)cc5)C(=O)C4C3CC3=C2C(=O)C=C(Br)C3=O)c1. The molecule has 4 unspecified atom stereocenters. The maximum absolute atomic E-state index is 14.2. The number of phenolic OH excluding ortho intramolecular Hbond substituents is 1. The number of rotatable bonds is 5. The van der Waals surface area contributed by atoms with Gasteiger partial charge in [-0.05, 0) is 89.3 Å². The number of nitrogens with one attached hydrogen (secondary N) is 1. The summed E-state index contributed by atoms with van der Waals surface area (Å²) < 4.78 is 5.56. The number of Topliss-reactive ketones (excluding diaryl/α,β-unsaturated/α-hetero) is 1. The minimum atomic E-state index is -0.770. The molecule has 0 saturated carbocycles. The average molecular weight is 652 g/mol. The predicted molar refractivity (Wildman–Crippen MR) is 168 cm³/mol. The number of aromatic hydroxyl groups is 1. The monoisotopic (exact) mass is 650 g/mol. The molecule has 2 amide bonds. The van der Waals surface area contributed by atoms with Gasteiger partial charge < -0.3 is 15.2 Å². The molecule has 4 atom stereocenters. The third kappa shape index (κ3) is 4.42. The van der Waals surface area contributed by atoms with Gasteiger partial charge in [0.1, 0.15) is 11.5 Å². The molecule has 0 radical (unpaired) electrons. The number of ketones is 2. The van der Waals surface area contributed by atoms with E-state index in [1.165, 1.54) is 24.2 Å². The number of methoxy groups -OCH3 is 1. The van der Waals surface area contributed by atoms with Gasteiger partial charge >= 0.3 is 0 Å². The van der Waals surface area contributed by atoms with E-state index < -0.39 is 23.7 Å². The number of carbonyl (C=O) groups is 4. The zero-order valence-electron chi connectivity index (χ0n) is 23.6. The van der Waals surface area contributed by atoms with Crippen molar-refractivity contribution in [3.8, 4) is 11.5 Å². The lowest BCUT2D eigenvalue weighted by molar-refractivity contribution is -0.123. The van der Waals surface area contributed by atoms with Crippen LogP contribution in [0.5, 0.6) is 11.5 Å². The zero-order valence-corrected chi connectivity index (χ0v) is 25.2. The van der Waals surface area contributed by atoms with Crippen molar-refractivity contribution in [3.05, 3.63) is 112 Å². The van der Waals surface area contributed by atoms with E-state index in [0.717, 1.165) is 16.9 Å². The molecule has 1 aliphatic heterocycles. The van der Waals surface area contributed by atoms with Crippen molar-refractivity contribution in [1.29, 1.82) is 0 Å². The van der Waals surface area contributed by atoms with Gasteiger partial charge in [0.05, 0.1) is 29.1 Å². The van der Waals surface area contributed by atoms with E-state index in [1.54, 1.807) is 24.3 Å². The molecule has 9 heteroatoms. The second kappa shape index (κ2) is 10.7. The number of hydrogen-bond acceptors (Lipinski definition) is 7. The summed E-state index contributed by atoms with van der Waals surface area (Å²) in [5.41, 5.74) is 3.96. The standard InChI is InChI=1S/C35H27BrN2O6/c1-44-21-11-14-28(39)25(15-21)30-22-12-13-23-31(24(22)16-26-32(30)29(40)17-27(36)33(26)41)35(43)38(34(23)42)20-9-7-19(8-10-20)37-18-5-3-2-4-6-18/h2-12,14-15,17,23-24,30-31,37,39H,13,16H2,1H3. The highest BCUT2D eigenvalue weighted by Gasteiger charge is 2.57. The Kier molecular flexibility index (Phi) is 6.85. The molecule has 0 bridgehead atoms. The summed E-state index contributed by atoms with van der Waals surface area (Å²) in [6.07, 6.45) is 3.63. The van der Waals surface area contributed by atoms with Crippen LogP contribution in [0.1, 0.15) is 24.3 Å². The highest BCUT2D eigenvalue weighted by molar-refractivity contribution is 9.12. The normalized spacial score (nSPS) is 24.4. The Balaban J connectivity index is 1.27. The minimum absolute atomic E-state index is 0.0557. The van der Waals surface area contributed by atoms with Crippen LogP contribution < -0.4 is 15.0 Å². The maximum Gasteiger partial charge on any atom is 0.238 e. The van der Waals surface area contributed by atoms with E-state index in [0.29, 0.717) is 29.0 Å². The Hall–Kier alpha value is -4.76. The first-order chi connectivity index (χ1) is 21.3. The van der Waals surface area contributed by atoms with Crippen LogP contribution in [-0.4, -0.2) is 35.6 Å². The fourth-order valence-corrected chi connectivity index (χ4v) is 7.54. The van der Waals surface area contributed by atoms with Crippen LogP contribution in [0, 0.1) is 17.8 Å². The highest BCUT2D eigenvalue weighted by atomic mass is 79.9. The summed E-state index contributed by atoms with van der Waals surface area (Å²) in [4.78, 5) is 56.1. The van der Waals surface area contributed by atoms with E-state index in [2.05, 4.69) is 21.2 Å². The average Bonchev–Trinajstić information content (AvgIpc) is 3.29. The first-order valence-corrected chi connectivity index (χ1v) is 15.1. The lowest BCUT2D eigenvalue weighted by Gasteiger charge is -2.42. The third-order valence-corrected chi connectivity index (χ3v) is 9.65. The van der Waals surface area contributed by atoms with Gasteiger partial charge in [0.15, 0.2) is 11.6 Å². The molecule has 3 aromatic carbocycles. The molecule has 3 aromatic rings. The van der Waals surface area contributed by atoms with Crippen molar-refractivity contribution in [2.75, 3.05) is 17.3 Å². The van der Waals surface area contributed by atoms with Gasteiger partial charge in [0.25, 0.3) is 0 Å². The molecule has 1 heterocycles. The van der Waals surface area contributed by atoms with E-state index in [-0.39, 0.29) is 45.6 Å². The Bertz CT molecular complexity index is 1840. The van der Waals surface area contributed by atoms with Gasteiger partial charge in [-0.1, -0.05) is 29.8 Å². The van der Waals surface area contributed by atoms with Crippen LogP contribution in [-0.2, 0) is 19.2 Å². The van der Waals surface area contributed by atoms with E-state index in [1.807, 2.05) is 48.5 Å². The molecule has 0 spiro atoms. The van der Waals surface area contributed by atoms with Crippen molar-refractivity contribution < 1.29 is 29.0 Å². The number of hydrogen-bond donors (Lipinski definition) is 2. The Morgan fingerprint density at radius 2 is 1.64 bits per heavy atom. The van der Waals surface area contributed by atoms with Crippen molar-refractivity contribution in [2.45, 2.75) is 18.8 Å². The number of ether oxygens (including phenoxy) is 1. The molecule has 4 aliphatic rings. The lowest BCUT2D eigenvalue weighted by Crippen LogP contribution is -2.39. The van der Waals surface area contributed by atoms with Crippen molar-refractivity contribution in [1.82, 2.24) is 0 Å². The van der Waals surface area contributed by atoms with Crippen LogP contribution in [0.3, 0.4) is 0 Å². The zero-order chi connectivity index (χ0) is 30.7. The van der Waals surface area contributed by atoms with E-state index in [4.69, 9.17) is 4.74 Å². The number of phenols is 1. The molecule has 8 nitrogen and oxygen atoms in total. The summed E-state index contributed by atoms with van der Waals surface area (Å²) in [5, 5.41) is 14.3. The minimum Gasteiger partial charge on any atom is -0.508 e. The summed E-state index contributed by atoms with van der Waals surface area (Å²) in [6, 6.07) is 21.6. The highest BCUT2D eigenvalue weighted by Crippen LogP contribution is 2.56. The summed E-state index contributed by atoms with van der Waals surface area (Å²) in [6.45, 7) is 0. The number of fused-ring (bicyclic) bond motifs is 3. The van der Waals surface area contributed by atoms with Crippen molar-refractivity contribution in [3.63, 3.8) is 0 Å². The summed E-state index contributed by atoms with van der Waals surface area (Å²) in [5.74, 6) is -3.47. The Morgan fingerprint density at radius 3 is 2.36 bits per heavy atom. The molecule has 44 heavy (non-hydrogen) atoms. The molecule has 1 fully saturated rings. The van der Waals surface area contributed by atoms with Gasteiger partial charge in [0.2, 0.25) is 11.8 Å². The number of amides is 2. The second-order valence-electron chi connectivity index (χ2n) is 11.4. The predicted octanol–water partition coefficient (Wildman–Crippen LogP) is 6.11.